The van der Waals surface area contributed by atoms with Gasteiger partial charge in [0.05, 0.1) is 26.4 Å². The average molecular weight is 667 g/mol. The van der Waals surface area contributed by atoms with Crippen molar-refractivity contribution in [1.82, 2.24) is 0 Å². The molecule has 0 aliphatic carbocycles. The zero-order chi connectivity index (χ0) is 33.5. The van der Waals surface area contributed by atoms with Crippen LogP contribution in [-0.4, -0.2) is 221 Å². The lowest BCUT2D eigenvalue weighted by Crippen LogP contribution is -2.63. The summed E-state index contributed by atoms with van der Waals surface area (Å²) in [4.78, 5) is 0. The van der Waals surface area contributed by atoms with E-state index in [1.807, 2.05) is 0 Å². The summed E-state index contributed by atoms with van der Waals surface area (Å²) < 4.78 is 38.7. The van der Waals surface area contributed by atoms with Crippen molar-refractivity contribution in [2.45, 2.75) is 103 Å². The van der Waals surface area contributed by atoms with Gasteiger partial charge in [-0.1, -0.05) is 0 Å². The summed E-state index contributed by atoms with van der Waals surface area (Å²) in [5.41, 5.74) is 0. The summed E-state index contributed by atoms with van der Waals surface area (Å²) in [5.74, 6) is -7.73. The number of ether oxygens (including phenoxy) is 7. The molecule has 0 amide bonds. The van der Waals surface area contributed by atoms with E-state index in [9.17, 15) is 71.5 Å². The third-order valence-corrected chi connectivity index (χ3v) is 8.48. The van der Waals surface area contributed by atoms with Crippen molar-refractivity contribution in [3.05, 3.63) is 0 Å². The predicted molar refractivity (Wildman–Crippen MR) is 134 cm³/mol. The molecule has 21 nitrogen and oxygen atoms in total. The van der Waals surface area contributed by atoms with Gasteiger partial charge in [0.25, 0.3) is 0 Å². The molecule has 17 atom stereocenters. The Kier molecular flexibility index (Phi) is 11.8. The maximum Gasteiger partial charge on any atom is 0.224 e. The highest BCUT2D eigenvalue weighted by Gasteiger charge is 2.64. The Morgan fingerprint density at radius 1 is 0.444 bits per heavy atom. The topological polar surface area (TPSA) is 348 Å². The highest BCUT2D eigenvalue weighted by Crippen LogP contribution is 2.41. The van der Waals surface area contributed by atoms with Crippen LogP contribution >= 0.6 is 0 Å². The molecule has 0 aromatic heterocycles. The lowest BCUT2D eigenvalue weighted by atomic mass is 9.99. The third-order valence-electron chi connectivity index (χ3n) is 8.48. The molecule has 4 fully saturated rings. The SMILES string of the molecule is OC[C@@H]1O[C@@H](O[C@]2(CO[C@]3(CO[C@]4(CO)O[C@H](CO)[C@H](O)[C@@H]4O)O[C@H](CO)[C@H](O)[C@@H]3O)O[C@H](CO)[C@H](O)[C@@H]2O)[C@H](O)[C@@H](O)[C@@H]1O. The van der Waals surface area contributed by atoms with Crippen LogP contribution in [0.5, 0.6) is 0 Å². The van der Waals surface area contributed by atoms with Gasteiger partial charge in [0.2, 0.25) is 17.4 Å². The molecular weight excluding hydrogens is 624 g/mol. The molecular formula is C24H42O21. The van der Waals surface area contributed by atoms with Crippen LogP contribution in [0.4, 0.5) is 0 Å². The van der Waals surface area contributed by atoms with Crippen LogP contribution in [0, 0.1) is 0 Å². The molecule has 4 rings (SSSR count). The molecule has 4 heterocycles. The largest absolute Gasteiger partial charge is 0.394 e. The second kappa shape index (κ2) is 14.3. The lowest BCUT2D eigenvalue weighted by Gasteiger charge is -2.44. The zero-order valence-corrected chi connectivity index (χ0v) is 23.7. The monoisotopic (exact) mass is 666 g/mol. The lowest BCUT2D eigenvalue weighted by molar-refractivity contribution is -0.404. The van der Waals surface area contributed by atoms with Crippen LogP contribution in [0.15, 0.2) is 0 Å². The molecule has 0 aromatic carbocycles. The summed E-state index contributed by atoms with van der Waals surface area (Å²) in [6.45, 7) is -6.84. The minimum Gasteiger partial charge on any atom is -0.394 e. The molecule has 0 spiro atoms. The Hall–Kier alpha value is -0.840. The molecule has 0 radical (unpaired) electrons. The Bertz CT molecular complexity index is 962. The van der Waals surface area contributed by atoms with Gasteiger partial charge >= 0.3 is 0 Å². The van der Waals surface area contributed by atoms with E-state index >= 15 is 0 Å². The van der Waals surface area contributed by atoms with Gasteiger partial charge in [0, 0.05) is 0 Å². The van der Waals surface area contributed by atoms with Crippen molar-refractivity contribution in [2.75, 3.05) is 46.2 Å². The molecule has 0 saturated carbocycles. The van der Waals surface area contributed by atoms with Crippen molar-refractivity contribution in [1.29, 1.82) is 0 Å². The van der Waals surface area contributed by atoms with Gasteiger partial charge in [0.1, 0.15) is 99.2 Å². The standard InChI is InChI=1S/C24H42O21/c25-1-8-12(30)16(34)17(35)21(41-8)45-24(20(38)15(33)11(4-28)44-24)7-40-23(19(37)14(32)10(3-27)43-23)6-39-22(5-29)18(36)13(31)9(2-26)42-22/h8-21,25-38H,1-7H2/t8-,9+,10+,11+,12+,13-,14-,15-,16-,17+,18-,19-,20-,21-,22+,23+,24-/m0/s1. The normalized spacial score (nSPS) is 52.1. The van der Waals surface area contributed by atoms with Gasteiger partial charge in [-0.2, -0.15) is 0 Å². The summed E-state index contributed by atoms with van der Waals surface area (Å²) in [6.07, 6.45) is -25.6. The minimum atomic E-state index is -2.67. The van der Waals surface area contributed by atoms with Crippen LogP contribution in [0.1, 0.15) is 0 Å². The number of aliphatic hydroxyl groups excluding tert-OH is 14. The molecule has 21 heteroatoms. The number of hydrogen-bond acceptors (Lipinski definition) is 21. The van der Waals surface area contributed by atoms with E-state index in [1.165, 1.54) is 0 Å². The van der Waals surface area contributed by atoms with Gasteiger partial charge < -0.3 is 105 Å². The fourth-order valence-electron chi connectivity index (χ4n) is 5.65. The van der Waals surface area contributed by atoms with E-state index in [4.69, 9.17) is 33.2 Å². The van der Waals surface area contributed by atoms with Gasteiger partial charge in [0.15, 0.2) is 6.29 Å². The van der Waals surface area contributed by atoms with Crippen LogP contribution in [0.3, 0.4) is 0 Å². The van der Waals surface area contributed by atoms with Crippen LogP contribution in [0.25, 0.3) is 0 Å². The molecule has 0 aromatic rings. The first-order chi connectivity index (χ1) is 21.2. The predicted octanol–water partition coefficient (Wildman–Crippen LogP) is -9.74. The van der Waals surface area contributed by atoms with Gasteiger partial charge in [-0.25, -0.2) is 0 Å². The first kappa shape index (κ1) is 37.0. The molecule has 264 valence electrons. The highest BCUT2D eigenvalue weighted by molar-refractivity contribution is 5.03. The molecule has 45 heavy (non-hydrogen) atoms. The van der Waals surface area contributed by atoms with Crippen LogP contribution in [-0.2, 0) is 33.2 Å². The second-order valence-corrected chi connectivity index (χ2v) is 11.3. The third kappa shape index (κ3) is 6.49. The molecule has 4 aliphatic rings. The fraction of sp³-hybridized carbons (Fsp3) is 1.00. The molecule has 14 N–H and O–H groups in total. The summed E-state index contributed by atoms with van der Waals surface area (Å²) in [6, 6.07) is 0. The Balaban J connectivity index is 1.65. The highest BCUT2D eigenvalue weighted by atomic mass is 16.8. The molecule has 0 unspecified atom stereocenters. The first-order valence-electron chi connectivity index (χ1n) is 14.0. The Morgan fingerprint density at radius 2 is 0.844 bits per heavy atom. The molecule has 0 bridgehead atoms. The van der Waals surface area contributed by atoms with Crippen molar-refractivity contribution in [2.24, 2.45) is 0 Å². The Labute approximate surface area is 254 Å². The maximum absolute atomic E-state index is 11.0. The van der Waals surface area contributed by atoms with Crippen LogP contribution < -0.4 is 0 Å². The van der Waals surface area contributed by atoms with Crippen molar-refractivity contribution < 1.29 is 105 Å². The van der Waals surface area contributed by atoms with E-state index in [0.717, 1.165) is 0 Å². The smallest absolute Gasteiger partial charge is 0.224 e. The van der Waals surface area contributed by atoms with E-state index in [-0.39, 0.29) is 0 Å². The quantitative estimate of drug-likeness (QED) is 0.0867. The van der Waals surface area contributed by atoms with Crippen molar-refractivity contribution in [3.8, 4) is 0 Å². The van der Waals surface area contributed by atoms with Crippen molar-refractivity contribution in [3.63, 3.8) is 0 Å². The first-order valence-corrected chi connectivity index (χ1v) is 14.0. The van der Waals surface area contributed by atoms with Crippen molar-refractivity contribution >= 4 is 0 Å². The minimum absolute atomic E-state index is 0.809. The van der Waals surface area contributed by atoms with E-state index < -0.39 is 149 Å². The van der Waals surface area contributed by atoms with Gasteiger partial charge in [-0.05, 0) is 0 Å². The van der Waals surface area contributed by atoms with Gasteiger partial charge in [-0.3, -0.25) is 0 Å². The summed E-state index contributed by atoms with van der Waals surface area (Å²) in [7, 11) is 0. The summed E-state index contributed by atoms with van der Waals surface area (Å²) >= 11 is 0. The molecule has 4 saturated heterocycles. The van der Waals surface area contributed by atoms with Crippen LogP contribution in [0.2, 0.25) is 0 Å². The van der Waals surface area contributed by atoms with E-state index in [1.54, 1.807) is 0 Å². The fourth-order valence-corrected chi connectivity index (χ4v) is 5.65. The molecule has 4 aliphatic heterocycles. The van der Waals surface area contributed by atoms with Gasteiger partial charge in [-0.15, -0.1) is 0 Å². The zero-order valence-electron chi connectivity index (χ0n) is 23.7. The Morgan fingerprint density at radius 3 is 1.31 bits per heavy atom. The average Bonchev–Trinajstić information content (AvgIpc) is 3.55. The second-order valence-electron chi connectivity index (χ2n) is 11.3. The van der Waals surface area contributed by atoms with E-state index in [0.29, 0.717) is 0 Å². The number of aliphatic hydroxyl groups is 14. The van der Waals surface area contributed by atoms with E-state index in [2.05, 4.69) is 0 Å². The summed E-state index contributed by atoms with van der Waals surface area (Å²) in [5, 5.41) is 143. The number of hydrogen-bond donors (Lipinski definition) is 14. The number of rotatable bonds is 13. The maximum atomic E-state index is 11.0.